The minimum absolute atomic E-state index is 0.0114. The summed E-state index contributed by atoms with van der Waals surface area (Å²) in [5.41, 5.74) is 1.94. The number of sulfone groups is 1. The molecule has 2 amide bonds. The molecular weight excluding hydrogens is 352 g/mol. The van der Waals surface area contributed by atoms with Gasteiger partial charge >= 0.3 is 0 Å². The first kappa shape index (κ1) is 20.4. The fourth-order valence-electron chi connectivity index (χ4n) is 3.12. The number of hydrogen-bond donors (Lipinski definition) is 1. The number of nitrogens with zero attached hydrogens (tertiary/aromatic N) is 1. The number of carbonyl (C=O) groups is 2. The van der Waals surface area contributed by atoms with Crippen LogP contribution in [-0.4, -0.2) is 49.2 Å². The van der Waals surface area contributed by atoms with Gasteiger partial charge in [0.2, 0.25) is 11.8 Å². The van der Waals surface area contributed by atoms with Crippen LogP contribution in [0.2, 0.25) is 0 Å². The van der Waals surface area contributed by atoms with Crippen LogP contribution in [0.3, 0.4) is 0 Å². The lowest BCUT2D eigenvalue weighted by atomic mass is 9.87. The highest BCUT2D eigenvalue weighted by Gasteiger charge is 2.33. The van der Waals surface area contributed by atoms with Crippen LogP contribution in [0.1, 0.15) is 46.1 Å². The Kier molecular flexibility index (Phi) is 6.11. The van der Waals surface area contributed by atoms with Crippen molar-refractivity contribution in [2.75, 3.05) is 23.4 Å². The van der Waals surface area contributed by atoms with E-state index >= 15 is 0 Å². The molecule has 0 bridgehead atoms. The van der Waals surface area contributed by atoms with E-state index in [4.69, 9.17) is 0 Å². The Morgan fingerprint density at radius 1 is 1.19 bits per heavy atom. The van der Waals surface area contributed by atoms with Gasteiger partial charge in [0.15, 0.2) is 9.84 Å². The standard InChI is InChI=1S/C19H28N2O4S/c1-14(22)21(17-10-12-26(24,25)13-17)11-9-18(23)20-16-7-5-15(6-8-16)19(2,3)4/h5-8,17H,9-13H2,1-4H3,(H,20,23). The highest BCUT2D eigenvalue weighted by atomic mass is 32.2. The van der Waals surface area contributed by atoms with E-state index in [1.807, 2.05) is 24.3 Å². The zero-order chi connectivity index (χ0) is 19.5. The summed E-state index contributed by atoms with van der Waals surface area (Å²) >= 11 is 0. The lowest BCUT2D eigenvalue weighted by Crippen LogP contribution is -2.41. The fourth-order valence-corrected chi connectivity index (χ4v) is 4.85. The van der Waals surface area contributed by atoms with Gasteiger partial charge in [-0.25, -0.2) is 8.42 Å². The molecule has 1 unspecified atom stereocenters. The third kappa shape index (κ3) is 5.56. The van der Waals surface area contributed by atoms with Gasteiger partial charge < -0.3 is 10.2 Å². The average molecular weight is 381 g/mol. The lowest BCUT2D eigenvalue weighted by molar-refractivity contribution is -0.131. The maximum absolute atomic E-state index is 12.2. The molecule has 0 aliphatic carbocycles. The Morgan fingerprint density at radius 2 is 1.81 bits per heavy atom. The lowest BCUT2D eigenvalue weighted by Gasteiger charge is -2.26. The Balaban J connectivity index is 1.91. The van der Waals surface area contributed by atoms with E-state index in [0.717, 1.165) is 0 Å². The topological polar surface area (TPSA) is 83.6 Å². The first-order chi connectivity index (χ1) is 12.0. The number of rotatable bonds is 5. The second kappa shape index (κ2) is 7.78. The summed E-state index contributed by atoms with van der Waals surface area (Å²) in [7, 11) is -3.07. The third-order valence-corrected chi connectivity index (χ3v) is 6.42. The molecule has 1 aliphatic rings. The summed E-state index contributed by atoms with van der Waals surface area (Å²) in [6.07, 6.45) is 0.578. The van der Waals surface area contributed by atoms with Crippen molar-refractivity contribution in [1.82, 2.24) is 4.90 Å². The molecule has 1 aliphatic heterocycles. The average Bonchev–Trinajstić information content (AvgIpc) is 2.86. The van der Waals surface area contributed by atoms with Crippen molar-refractivity contribution in [3.63, 3.8) is 0 Å². The molecule has 1 atom stereocenters. The second-order valence-electron chi connectivity index (χ2n) is 7.89. The zero-order valence-electron chi connectivity index (χ0n) is 15.9. The number of carbonyl (C=O) groups excluding carboxylic acids is 2. The Labute approximate surface area is 155 Å². The van der Waals surface area contributed by atoms with Gasteiger partial charge in [-0.15, -0.1) is 0 Å². The number of benzene rings is 1. The van der Waals surface area contributed by atoms with E-state index in [9.17, 15) is 18.0 Å². The van der Waals surface area contributed by atoms with Gasteiger partial charge in [-0.05, 0) is 29.5 Å². The molecule has 0 spiro atoms. The van der Waals surface area contributed by atoms with Gasteiger partial charge in [-0.3, -0.25) is 9.59 Å². The first-order valence-corrected chi connectivity index (χ1v) is 10.7. The molecule has 7 heteroatoms. The molecule has 1 heterocycles. The Bertz CT molecular complexity index is 764. The maximum atomic E-state index is 12.2. The molecule has 1 aromatic rings. The smallest absolute Gasteiger partial charge is 0.226 e. The molecule has 2 rings (SSSR count). The largest absolute Gasteiger partial charge is 0.338 e. The van der Waals surface area contributed by atoms with Gasteiger partial charge in [-0.2, -0.15) is 0 Å². The molecule has 1 saturated heterocycles. The van der Waals surface area contributed by atoms with Gasteiger partial charge in [0, 0.05) is 31.6 Å². The zero-order valence-corrected chi connectivity index (χ0v) is 16.7. The molecule has 144 valence electrons. The summed E-state index contributed by atoms with van der Waals surface area (Å²) in [6.45, 7) is 8.01. The van der Waals surface area contributed by atoms with Crippen LogP contribution < -0.4 is 5.32 Å². The van der Waals surface area contributed by atoms with E-state index in [1.54, 1.807) is 0 Å². The van der Waals surface area contributed by atoms with E-state index in [1.165, 1.54) is 17.4 Å². The van der Waals surface area contributed by atoms with Crippen LogP contribution in [0.4, 0.5) is 5.69 Å². The van der Waals surface area contributed by atoms with Crippen molar-refractivity contribution in [1.29, 1.82) is 0 Å². The number of amides is 2. The quantitative estimate of drug-likeness (QED) is 0.850. The van der Waals surface area contributed by atoms with Crippen LogP contribution in [0.5, 0.6) is 0 Å². The van der Waals surface area contributed by atoms with Crippen LogP contribution in [0.15, 0.2) is 24.3 Å². The van der Waals surface area contributed by atoms with Crippen molar-refractivity contribution in [3.8, 4) is 0 Å². The summed E-state index contributed by atoms with van der Waals surface area (Å²) in [4.78, 5) is 25.5. The molecular formula is C19H28N2O4S. The van der Waals surface area contributed by atoms with Gasteiger partial charge in [0.25, 0.3) is 0 Å². The summed E-state index contributed by atoms with van der Waals surface area (Å²) in [5, 5.41) is 2.83. The summed E-state index contributed by atoms with van der Waals surface area (Å²) in [6, 6.07) is 7.38. The SMILES string of the molecule is CC(=O)N(CCC(=O)Nc1ccc(C(C)(C)C)cc1)C1CCS(=O)(=O)C1. The maximum Gasteiger partial charge on any atom is 0.226 e. The summed E-state index contributed by atoms with van der Waals surface area (Å²) < 4.78 is 23.3. The Hall–Kier alpha value is -1.89. The normalized spacial score (nSPS) is 19.2. The van der Waals surface area contributed by atoms with Crippen molar-refractivity contribution in [3.05, 3.63) is 29.8 Å². The van der Waals surface area contributed by atoms with Crippen molar-refractivity contribution < 1.29 is 18.0 Å². The molecule has 0 saturated carbocycles. The molecule has 1 N–H and O–H groups in total. The molecule has 26 heavy (non-hydrogen) atoms. The van der Waals surface area contributed by atoms with Crippen LogP contribution in [0.25, 0.3) is 0 Å². The van der Waals surface area contributed by atoms with Crippen molar-refractivity contribution >= 4 is 27.3 Å². The number of nitrogens with one attached hydrogen (secondary N) is 1. The minimum atomic E-state index is -3.07. The van der Waals surface area contributed by atoms with Gasteiger partial charge in [0.1, 0.15) is 0 Å². The fraction of sp³-hybridized carbons (Fsp3) is 0.579. The molecule has 1 fully saturated rings. The van der Waals surface area contributed by atoms with E-state index in [2.05, 4.69) is 26.1 Å². The van der Waals surface area contributed by atoms with Crippen LogP contribution in [0, 0.1) is 0 Å². The molecule has 0 radical (unpaired) electrons. The van der Waals surface area contributed by atoms with Crippen LogP contribution >= 0.6 is 0 Å². The number of hydrogen-bond acceptors (Lipinski definition) is 4. The van der Waals surface area contributed by atoms with Crippen molar-refractivity contribution in [2.24, 2.45) is 0 Å². The monoisotopic (exact) mass is 380 g/mol. The first-order valence-electron chi connectivity index (χ1n) is 8.86. The van der Waals surface area contributed by atoms with E-state index < -0.39 is 9.84 Å². The highest BCUT2D eigenvalue weighted by molar-refractivity contribution is 7.91. The minimum Gasteiger partial charge on any atom is -0.338 e. The van der Waals surface area contributed by atoms with Gasteiger partial charge in [-0.1, -0.05) is 32.9 Å². The Morgan fingerprint density at radius 3 is 2.27 bits per heavy atom. The predicted octanol–water partition coefficient (Wildman–Crippen LogP) is 2.35. The second-order valence-corrected chi connectivity index (χ2v) is 10.1. The van der Waals surface area contributed by atoms with Crippen LogP contribution in [-0.2, 0) is 24.8 Å². The van der Waals surface area contributed by atoms with E-state index in [0.29, 0.717) is 12.1 Å². The number of anilines is 1. The van der Waals surface area contributed by atoms with Crippen molar-refractivity contribution in [2.45, 2.75) is 52.0 Å². The summed E-state index contributed by atoms with van der Waals surface area (Å²) in [5.74, 6) is -0.300. The molecule has 0 aromatic heterocycles. The van der Waals surface area contributed by atoms with E-state index in [-0.39, 0.29) is 47.7 Å². The third-order valence-electron chi connectivity index (χ3n) is 4.67. The predicted molar refractivity (Wildman–Crippen MR) is 103 cm³/mol. The molecule has 6 nitrogen and oxygen atoms in total. The molecule has 1 aromatic carbocycles. The van der Waals surface area contributed by atoms with Gasteiger partial charge in [0.05, 0.1) is 11.5 Å². The highest BCUT2D eigenvalue weighted by Crippen LogP contribution is 2.23.